The Morgan fingerprint density at radius 1 is 1.21 bits per heavy atom. The number of hydrogen-bond acceptors (Lipinski definition) is 4. The lowest BCUT2D eigenvalue weighted by molar-refractivity contribution is -0.139. The van der Waals surface area contributed by atoms with Crippen LogP contribution in [0, 0.1) is 0 Å². The third-order valence-corrected chi connectivity index (χ3v) is 4.01. The Morgan fingerprint density at radius 2 is 1.89 bits per heavy atom. The molecule has 0 radical (unpaired) electrons. The molecular weight excluding hydrogens is 244 g/mol. The summed E-state index contributed by atoms with van der Waals surface area (Å²) in [5, 5.41) is 8.61. The van der Waals surface area contributed by atoms with Crippen molar-refractivity contribution in [3.05, 3.63) is 12.2 Å². The van der Waals surface area contributed by atoms with Crippen LogP contribution in [0.4, 0.5) is 0 Å². The Hall–Kier alpha value is -0.870. The third kappa shape index (κ3) is 4.32. The number of ether oxygens (including phenoxy) is 2. The van der Waals surface area contributed by atoms with Crippen LogP contribution in [0.5, 0.6) is 0 Å². The lowest BCUT2D eigenvalue weighted by atomic mass is 10.0. The molecule has 0 aliphatic heterocycles. The van der Waals surface area contributed by atoms with E-state index < -0.39 is 5.97 Å². The van der Waals surface area contributed by atoms with Gasteiger partial charge in [-0.15, -0.1) is 0 Å². The van der Waals surface area contributed by atoms with Crippen molar-refractivity contribution in [2.45, 2.75) is 63.1 Å². The quantitative estimate of drug-likeness (QED) is 0.593. The second-order valence-corrected chi connectivity index (χ2v) is 5.52. The van der Waals surface area contributed by atoms with Crippen LogP contribution in [-0.2, 0) is 14.3 Å². The van der Waals surface area contributed by atoms with E-state index in [1.165, 1.54) is 18.9 Å². The summed E-state index contributed by atoms with van der Waals surface area (Å²) in [7, 11) is 0. The molecule has 0 bridgehead atoms. The first-order valence-electron chi connectivity index (χ1n) is 7.39. The molecule has 108 valence electrons. The number of carbonyl (C=O) groups is 1. The number of rotatable bonds is 6. The van der Waals surface area contributed by atoms with E-state index in [0.717, 1.165) is 38.5 Å². The van der Waals surface area contributed by atoms with Crippen molar-refractivity contribution in [3.63, 3.8) is 0 Å². The second-order valence-electron chi connectivity index (χ2n) is 5.52. The van der Waals surface area contributed by atoms with E-state index in [9.17, 15) is 4.79 Å². The number of esters is 1. The van der Waals surface area contributed by atoms with Gasteiger partial charge >= 0.3 is 5.97 Å². The second kappa shape index (κ2) is 7.06. The SMILES string of the molecule is O=C(C=CC1(OC2CCCC2)CCCC1)OCCO. The average molecular weight is 268 g/mol. The monoisotopic (exact) mass is 268 g/mol. The normalized spacial score (nSPS) is 23.2. The molecule has 0 aromatic heterocycles. The predicted molar refractivity (Wildman–Crippen MR) is 71.7 cm³/mol. The highest BCUT2D eigenvalue weighted by Gasteiger charge is 2.35. The van der Waals surface area contributed by atoms with Gasteiger partial charge in [-0.1, -0.05) is 25.7 Å². The van der Waals surface area contributed by atoms with Crippen molar-refractivity contribution < 1.29 is 19.4 Å². The minimum atomic E-state index is -0.393. The minimum Gasteiger partial charge on any atom is -0.460 e. The van der Waals surface area contributed by atoms with E-state index in [1.54, 1.807) is 0 Å². The molecule has 0 aromatic rings. The first-order chi connectivity index (χ1) is 9.24. The zero-order chi connectivity index (χ0) is 13.6. The van der Waals surface area contributed by atoms with Crippen LogP contribution >= 0.6 is 0 Å². The smallest absolute Gasteiger partial charge is 0.330 e. The number of aliphatic hydroxyl groups is 1. The van der Waals surface area contributed by atoms with Crippen molar-refractivity contribution in [3.8, 4) is 0 Å². The van der Waals surface area contributed by atoms with Crippen LogP contribution in [0.25, 0.3) is 0 Å². The largest absolute Gasteiger partial charge is 0.460 e. The molecule has 0 saturated heterocycles. The predicted octanol–water partition coefficient (Wildman–Crippen LogP) is 2.35. The molecule has 2 rings (SSSR count). The van der Waals surface area contributed by atoms with Gasteiger partial charge < -0.3 is 14.6 Å². The summed E-state index contributed by atoms with van der Waals surface area (Å²) < 4.78 is 11.1. The van der Waals surface area contributed by atoms with Gasteiger partial charge in [-0.2, -0.15) is 0 Å². The Morgan fingerprint density at radius 3 is 2.53 bits per heavy atom. The molecular formula is C15H24O4. The summed E-state index contributed by atoms with van der Waals surface area (Å²) in [6, 6.07) is 0. The maximum atomic E-state index is 11.5. The van der Waals surface area contributed by atoms with Gasteiger partial charge in [0.25, 0.3) is 0 Å². The van der Waals surface area contributed by atoms with Gasteiger partial charge in [-0.25, -0.2) is 4.79 Å². The highest BCUT2D eigenvalue weighted by molar-refractivity contribution is 5.82. The van der Waals surface area contributed by atoms with Crippen molar-refractivity contribution in [2.75, 3.05) is 13.2 Å². The third-order valence-electron chi connectivity index (χ3n) is 4.01. The summed E-state index contributed by atoms with van der Waals surface area (Å²) in [4.78, 5) is 11.5. The van der Waals surface area contributed by atoms with Gasteiger partial charge in [-0.05, 0) is 31.8 Å². The lowest BCUT2D eigenvalue weighted by Gasteiger charge is -2.29. The van der Waals surface area contributed by atoms with Crippen LogP contribution in [0.15, 0.2) is 12.2 Å². The van der Waals surface area contributed by atoms with E-state index in [1.807, 2.05) is 6.08 Å². The van der Waals surface area contributed by atoms with E-state index in [4.69, 9.17) is 14.6 Å². The molecule has 0 amide bonds. The molecule has 2 saturated carbocycles. The number of hydrogen-bond donors (Lipinski definition) is 1. The van der Waals surface area contributed by atoms with Gasteiger partial charge in [0.1, 0.15) is 6.61 Å². The summed E-state index contributed by atoms with van der Waals surface area (Å²) in [6.45, 7) is -0.0804. The molecule has 0 heterocycles. The van der Waals surface area contributed by atoms with Gasteiger partial charge in [0, 0.05) is 6.08 Å². The van der Waals surface area contributed by atoms with Gasteiger partial charge in [0.15, 0.2) is 0 Å². The van der Waals surface area contributed by atoms with Gasteiger partial charge in [0.2, 0.25) is 0 Å². The van der Waals surface area contributed by atoms with Gasteiger partial charge in [-0.3, -0.25) is 0 Å². The zero-order valence-corrected chi connectivity index (χ0v) is 11.5. The fraction of sp³-hybridized carbons (Fsp3) is 0.800. The fourth-order valence-electron chi connectivity index (χ4n) is 3.05. The Kier molecular flexibility index (Phi) is 5.40. The van der Waals surface area contributed by atoms with E-state index in [2.05, 4.69) is 0 Å². The molecule has 0 aromatic carbocycles. The molecule has 0 unspecified atom stereocenters. The molecule has 19 heavy (non-hydrogen) atoms. The lowest BCUT2D eigenvalue weighted by Crippen LogP contribution is -2.31. The molecule has 2 fully saturated rings. The summed E-state index contributed by atoms with van der Waals surface area (Å²) in [6.07, 6.45) is 12.8. The molecule has 4 heteroatoms. The van der Waals surface area contributed by atoms with Crippen molar-refractivity contribution in [1.82, 2.24) is 0 Å². The van der Waals surface area contributed by atoms with Crippen LogP contribution in [-0.4, -0.2) is 36.0 Å². The molecule has 0 spiro atoms. The maximum absolute atomic E-state index is 11.5. The van der Waals surface area contributed by atoms with Crippen LogP contribution in [0.2, 0.25) is 0 Å². The number of aliphatic hydroxyl groups excluding tert-OH is 1. The van der Waals surface area contributed by atoms with E-state index in [-0.39, 0.29) is 18.8 Å². The standard InChI is InChI=1S/C15H24O4/c16-11-12-18-14(17)7-10-15(8-3-4-9-15)19-13-5-1-2-6-13/h7,10,13,16H,1-6,8-9,11-12H2. The first-order valence-corrected chi connectivity index (χ1v) is 7.39. The Bertz CT molecular complexity index is 312. The Labute approximate surface area is 114 Å². The molecule has 0 atom stereocenters. The van der Waals surface area contributed by atoms with Crippen molar-refractivity contribution >= 4 is 5.97 Å². The number of carbonyl (C=O) groups excluding carboxylic acids is 1. The zero-order valence-electron chi connectivity index (χ0n) is 11.5. The average Bonchev–Trinajstić information content (AvgIpc) is 3.07. The molecule has 2 aliphatic rings. The highest BCUT2D eigenvalue weighted by Crippen LogP contribution is 2.38. The Balaban J connectivity index is 1.90. The van der Waals surface area contributed by atoms with Crippen LogP contribution in [0.1, 0.15) is 51.4 Å². The fourth-order valence-corrected chi connectivity index (χ4v) is 3.05. The minimum absolute atomic E-state index is 0.0552. The van der Waals surface area contributed by atoms with E-state index in [0.29, 0.717) is 6.10 Å². The van der Waals surface area contributed by atoms with Crippen molar-refractivity contribution in [2.24, 2.45) is 0 Å². The van der Waals surface area contributed by atoms with Gasteiger partial charge in [0.05, 0.1) is 18.3 Å². The molecule has 1 N–H and O–H groups in total. The summed E-state index contributed by atoms with van der Waals surface area (Å²) in [5.74, 6) is -0.393. The van der Waals surface area contributed by atoms with E-state index >= 15 is 0 Å². The van der Waals surface area contributed by atoms with Crippen molar-refractivity contribution in [1.29, 1.82) is 0 Å². The molecule has 2 aliphatic carbocycles. The highest BCUT2D eigenvalue weighted by atomic mass is 16.5. The topological polar surface area (TPSA) is 55.8 Å². The summed E-state index contributed by atoms with van der Waals surface area (Å²) in [5.41, 5.74) is -0.257. The summed E-state index contributed by atoms with van der Waals surface area (Å²) >= 11 is 0. The van der Waals surface area contributed by atoms with Crippen LogP contribution in [0.3, 0.4) is 0 Å². The molecule has 4 nitrogen and oxygen atoms in total. The maximum Gasteiger partial charge on any atom is 0.330 e. The van der Waals surface area contributed by atoms with Crippen LogP contribution < -0.4 is 0 Å². The first kappa shape index (κ1) is 14.5.